The first-order valence-corrected chi connectivity index (χ1v) is 9.80. The van der Waals surface area contributed by atoms with Crippen molar-refractivity contribution in [1.29, 1.82) is 0 Å². The zero-order chi connectivity index (χ0) is 19.7. The molecule has 0 aliphatic carbocycles. The summed E-state index contributed by atoms with van der Waals surface area (Å²) in [5.41, 5.74) is 4.49. The third-order valence-corrected chi connectivity index (χ3v) is 5.54. The number of thiophene rings is 1. The Hall–Kier alpha value is -3.25. The number of anilines is 1. The highest BCUT2D eigenvalue weighted by atomic mass is 32.1. The molecule has 4 aromatic rings. The summed E-state index contributed by atoms with van der Waals surface area (Å²) in [6.07, 6.45) is 1.44. The van der Waals surface area contributed by atoms with Gasteiger partial charge in [-0.1, -0.05) is 48.0 Å². The smallest absolute Gasteiger partial charge is 0.263 e. The first-order valence-electron chi connectivity index (χ1n) is 8.92. The lowest BCUT2D eigenvalue weighted by Crippen LogP contribution is -2.28. The standard InChI is InChI=1S/C22H19N3O2S/c1-14-7-9-16(10-8-14)17-12-28-21-20(17)22(27)25(13-23-21)11-19(26)24-18-6-4-3-5-15(18)2/h3-10,12-13H,11H2,1-2H3,(H,24,26). The van der Waals surface area contributed by atoms with Gasteiger partial charge in [-0.05, 0) is 31.0 Å². The molecule has 1 amide bonds. The van der Waals surface area contributed by atoms with E-state index < -0.39 is 0 Å². The fourth-order valence-corrected chi connectivity index (χ4v) is 3.99. The Bertz CT molecular complexity index is 1220. The molecule has 2 aromatic heterocycles. The highest BCUT2D eigenvalue weighted by Crippen LogP contribution is 2.30. The van der Waals surface area contributed by atoms with Crippen molar-refractivity contribution >= 4 is 33.1 Å². The van der Waals surface area contributed by atoms with Gasteiger partial charge in [0.25, 0.3) is 5.56 Å². The molecule has 0 aliphatic rings. The number of nitrogens with one attached hydrogen (secondary N) is 1. The molecule has 2 heterocycles. The largest absolute Gasteiger partial charge is 0.324 e. The Balaban J connectivity index is 1.67. The topological polar surface area (TPSA) is 64.0 Å². The van der Waals surface area contributed by atoms with Gasteiger partial charge in [0.2, 0.25) is 5.91 Å². The van der Waals surface area contributed by atoms with Gasteiger partial charge in [-0.3, -0.25) is 14.2 Å². The minimum Gasteiger partial charge on any atom is -0.324 e. The second-order valence-electron chi connectivity index (χ2n) is 6.74. The fraction of sp³-hybridized carbons (Fsp3) is 0.136. The molecular weight excluding hydrogens is 370 g/mol. The number of para-hydroxylation sites is 1. The third kappa shape index (κ3) is 3.46. The van der Waals surface area contributed by atoms with Crippen molar-refractivity contribution in [2.75, 3.05) is 5.32 Å². The Labute approximate surface area is 166 Å². The van der Waals surface area contributed by atoms with Gasteiger partial charge in [-0.2, -0.15) is 0 Å². The zero-order valence-corrected chi connectivity index (χ0v) is 16.4. The highest BCUT2D eigenvalue weighted by Gasteiger charge is 2.15. The van der Waals surface area contributed by atoms with Gasteiger partial charge in [-0.25, -0.2) is 4.98 Å². The maximum atomic E-state index is 13.1. The summed E-state index contributed by atoms with van der Waals surface area (Å²) in [5, 5.41) is 5.36. The van der Waals surface area contributed by atoms with Crippen molar-refractivity contribution in [2.24, 2.45) is 0 Å². The number of amides is 1. The van der Waals surface area contributed by atoms with Crippen molar-refractivity contribution in [3.8, 4) is 11.1 Å². The van der Waals surface area contributed by atoms with Crippen LogP contribution in [0.5, 0.6) is 0 Å². The van der Waals surface area contributed by atoms with Gasteiger partial charge in [0, 0.05) is 16.6 Å². The molecule has 1 N–H and O–H groups in total. The SMILES string of the molecule is Cc1ccc(-c2csc3ncn(CC(=O)Nc4ccccc4C)c(=O)c23)cc1. The molecule has 4 rings (SSSR count). The quantitative estimate of drug-likeness (QED) is 0.563. The van der Waals surface area contributed by atoms with Crippen molar-refractivity contribution in [2.45, 2.75) is 20.4 Å². The lowest BCUT2D eigenvalue weighted by molar-refractivity contribution is -0.116. The average Bonchev–Trinajstić information content (AvgIpc) is 3.11. The van der Waals surface area contributed by atoms with Crippen LogP contribution >= 0.6 is 11.3 Å². The molecule has 140 valence electrons. The van der Waals surface area contributed by atoms with Crippen LogP contribution in [0.2, 0.25) is 0 Å². The van der Waals surface area contributed by atoms with E-state index in [0.29, 0.717) is 10.2 Å². The molecule has 0 fully saturated rings. The van der Waals surface area contributed by atoms with Crippen LogP contribution in [0, 0.1) is 13.8 Å². The molecule has 5 nitrogen and oxygen atoms in total. The lowest BCUT2D eigenvalue weighted by atomic mass is 10.1. The number of aromatic nitrogens is 2. The summed E-state index contributed by atoms with van der Waals surface area (Å²) >= 11 is 1.43. The summed E-state index contributed by atoms with van der Waals surface area (Å²) in [5.74, 6) is -0.260. The van der Waals surface area contributed by atoms with Crippen LogP contribution in [0.15, 0.2) is 65.0 Å². The predicted molar refractivity (Wildman–Crippen MR) is 114 cm³/mol. The van der Waals surface area contributed by atoms with Crippen LogP contribution < -0.4 is 10.9 Å². The number of nitrogens with zero attached hydrogens (tertiary/aromatic N) is 2. The van der Waals surface area contributed by atoms with Crippen LogP contribution in [-0.4, -0.2) is 15.5 Å². The van der Waals surface area contributed by atoms with Crippen molar-refractivity contribution < 1.29 is 4.79 Å². The fourth-order valence-electron chi connectivity index (χ4n) is 3.08. The van der Waals surface area contributed by atoms with E-state index >= 15 is 0 Å². The number of carbonyl (C=O) groups excluding carboxylic acids is 1. The minimum absolute atomic E-state index is 0.0840. The van der Waals surface area contributed by atoms with Crippen molar-refractivity contribution in [3.63, 3.8) is 0 Å². The average molecular weight is 389 g/mol. The number of hydrogen-bond acceptors (Lipinski definition) is 4. The van der Waals surface area contributed by atoms with E-state index in [9.17, 15) is 9.59 Å². The van der Waals surface area contributed by atoms with E-state index in [4.69, 9.17) is 0 Å². The van der Waals surface area contributed by atoms with E-state index in [1.165, 1.54) is 22.2 Å². The Morgan fingerprint density at radius 1 is 1.11 bits per heavy atom. The molecule has 0 bridgehead atoms. The maximum absolute atomic E-state index is 13.1. The first kappa shape index (κ1) is 18.1. The third-order valence-electron chi connectivity index (χ3n) is 4.66. The number of hydrogen-bond donors (Lipinski definition) is 1. The van der Waals surface area contributed by atoms with Crippen LogP contribution in [0.4, 0.5) is 5.69 Å². The molecule has 0 saturated carbocycles. The number of aryl methyl sites for hydroxylation is 2. The molecule has 2 aromatic carbocycles. The van der Waals surface area contributed by atoms with Crippen LogP contribution in [0.25, 0.3) is 21.3 Å². The zero-order valence-electron chi connectivity index (χ0n) is 15.6. The molecule has 28 heavy (non-hydrogen) atoms. The van der Waals surface area contributed by atoms with Crippen LogP contribution in [-0.2, 0) is 11.3 Å². The Morgan fingerprint density at radius 2 is 1.86 bits per heavy atom. The van der Waals surface area contributed by atoms with E-state index in [0.717, 1.165) is 27.9 Å². The summed E-state index contributed by atoms with van der Waals surface area (Å²) < 4.78 is 1.36. The summed E-state index contributed by atoms with van der Waals surface area (Å²) in [4.78, 5) is 30.6. The normalized spacial score (nSPS) is 10.9. The van der Waals surface area contributed by atoms with Gasteiger partial charge in [0.1, 0.15) is 11.4 Å². The van der Waals surface area contributed by atoms with Gasteiger partial charge >= 0.3 is 0 Å². The van der Waals surface area contributed by atoms with Crippen molar-refractivity contribution in [1.82, 2.24) is 9.55 Å². The molecule has 6 heteroatoms. The number of carbonyl (C=O) groups is 1. The maximum Gasteiger partial charge on any atom is 0.263 e. The highest BCUT2D eigenvalue weighted by molar-refractivity contribution is 7.17. The monoisotopic (exact) mass is 389 g/mol. The molecule has 0 aliphatic heterocycles. The molecule has 0 atom stereocenters. The number of rotatable bonds is 4. The molecule has 0 radical (unpaired) electrons. The Kier molecular flexibility index (Phi) is 4.79. The predicted octanol–water partition coefficient (Wildman–Crippen LogP) is 4.38. The summed E-state index contributed by atoms with van der Waals surface area (Å²) in [6, 6.07) is 15.6. The summed E-state index contributed by atoms with van der Waals surface area (Å²) in [7, 11) is 0. The van der Waals surface area contributed by atoms with E-state index in [1.807, 2.05) is 67.8 Å². The van der Waals surface area contributed by atoms with Gasteiger partial charge in [0.05, 0.1) is 11.7 Å². The lowest BCUT2D eigenvalue weighted by Gasteiger charge is -2.09. The molecule has 0 spiro atoms. The number of benzene rings is 2. The van der Waals surface area contributed by atoms with E-state index in [-0.39, 0.29) is 18.0 Å². The molecular formula is C22H19N3O2S. The Morgan fingerprint density at radius 3 is 2.61 bits per heavy atom. The van der Waals surface area contributed by atoms with Crippen LogP contribution in [0.3, 0.4) is 0 Å². The van der Waals surface area contributed by atoms with E-state index in [1.54, 1.807) is 0 Å². The van der Waals surface area contributed by atoms with E-state index in [2.05, 4.69) is 10.3 Å². The first-order chi connectivity index (χ1) is 13.5. The number of fused-ring (bicyclic) bond motifs is 1. The summed E-state index contributed by atoms with van der Waals surface area (Å²) in [6.45, 7) is 3.87. The van der Waals surface area contributed by atoms with Gasteiger partial charge in [-0.15, -0.1) is 11.3 Å². The second kappa shape index (κ2) is 7.40. The minimum atomic E-state index is -0.260. The second-order valence-corrected chi connectivity index (χ2v) is 7.59. The van der Waals surface area contributed by atoms with Gasteiger partial charge in [0.15, 0.2) is 0 Å². The molecule has 0 saturated heterocycles. The molecule has 0 unspecified atom stereocenters. The van der Waals surface area contributed by atoms with Crippen LogP contribution in [0.1, 0.15) is 11.1 Å². The van der Waals surface area contributed by atoms with Gasteiger partial charge < -0.3 is 5.32 Å². The van der Waals surface area contributed by atoms with Crippen molar-refractivity contribution in [3.05, 3.63) is 81.7 Å².